The first-order valence-corrected chi connectivity index (χ1v) is 5.81. The van der Waals surface area contributed by atoms with Gasteiger partial charge in [-0.05, 0) is 24.1 Å². The molecule has 0 radical (unpaired) electrons. The molecule has 92 valence electrons. The molecule has 0 saturated carbocycles. The summed E-state index contributed by atoms with van der Waals surface area (Å²) in [6.07, 6.45) is 6.71. The van der Waals surface area contributed by atoms with Gasteiger partial charge >= 0.3 is 0 Å². The Bertz CT molecular complexity index is 517. The Morgan fingerprint density at radius 3 is 3.00 bits per heavy atom. The summed E-state index contributed by atoms with van der Waals surface area (Å²) in [4.78, 5) is 22.6. The van der Waals surface area contributed by atoms with Gasteiger partial charge in [0, 0.05) is 18.5 Å². The van der Waals surface area contributed by atoms with Gasteiger partial charge in [0.15, 0.2) is 0 Å². The molecule has 1 aromatic rings. The molecule has 1 aliphatic rings. The third-order valence-corrected chi connectivity index (χ3v) is 2.81. The molecule has 18 heavy (non-hydrogen) atoms. The predicted octanol–water partition coefficient (Wildman–Crippen LogP) is 1.08. The molecule has 1 aliphatic heterocycles. The highest BCUT2D eigenvalue weighted by Crippen LogP contribution is 2.15. The van der Waals surface area contributed by atoms with Crippen LogP contribution < -0.4 is 10.6 Å². The van der Waals surface area contributed by atoms with Crippen LogP contribution in [0.4, 0.5) is 5.69 Å². The molecule has 4 heteroatoms. The van der Waals surface area contributed by atoms with Gasteiger partial charge in [-0.1, -0.05) is 12.1 Å². The molecule has 0 aromatic heterocycles. The van der Waals surface area contributed by atoms with Crippen LogP contribution in [0.2, 0.25) is 0 Å². The topological polar surface area (TPSA) is 58.2 Å². The van der Waals surface area contributed by atoms with Gasteiger partial charge in [0.2, 0.25) is 11.8 Å². The van der Waals surface area contributed by atoms with Crippen molar-refractivity contribution in [3.05, 3.63) is 29.8 Å². The van der Waals surface area contributed by atoms with Crippen molar-refractivity contribution in [1.29, 1.82) is 0 Å². The summed E-state index contributed by atoms with van der Waals surface area (Å²) in [5.41, 5.74) is 1.87. The highest BCUT2D eigenvalue weighted by molar-refractivity contribution is 6.01. The first kappa shape index (κ1) is 12.2. The van der Waals surface area contributed by atoms with Gasteiger partial charge in [0.1, 0.15) is 6.04 Å². The fraction of sp³-hybridized carbons (Fsp3) is 0.286. The Kier molecular flexibility index (Phi) is 3.63. The van der Waals surface area contributed by atoms with Gasteiger partial charge in [-0.3, -0.25) is 14.9 Å². The quantitative estimate of drug-likeness (QED) is 0.616. The van der Waals surface area contributed by atoms with Crippen LogP contribution in [0.5, 0.6) is 0 Å². The highest BCUT2D eigenvalue weighted by atomic mass is 16.2. The molecule has 2 amide bonds. The second kappa shape index (κ2) is 5.37. The van der Waals surface area contributed by atoms with Crippen molar-refractivity contribution < 1.29 is 9.59 Å². The molecule has 2 rings (SSSR count). The van der Waals surface area contributed by atoms with Crippen LogP contribution in [-0.4, -0.2) is 17.9 Å². The Balaban J connectivity index is 2.05. The number of hydrogen-bond donors (Lipinski definition) is 2. The fourth-order valence-corrected chi connectivity index (χ4v) is 1.92. The van der Waals surface area contributed by atoms with E-state index in [1.54, 1.807) is 0 Å². The molecule has 0 bridgehead atoms. The smallest absolute Gasteiger partial charge is 0.249 e. The van der Waals surface area contributed by atoms with Crippen molar-refractivity contribution in [2.45, 2.75) is 25.3 Å². The summed E-state index contributed by atoms with van der Waals surface area (Å²) in [7, 11) is 0. The zero-order valence-electron chi connectivity index (χ0n) is 9.90. The minimum absolute atomic E-state index is 0.209. The lowest BCUT2D eigenvalue weighted by Gasteiger charge is -2.22. The number of terminal acetylenes is 1. The number of carbonyl (C=O) groups excluding carboxylic acids is 2. The minimum atomic E-state index is -0.358. The molecule has 1 atom stereocenters. The minimum Gasteiger partial charge on any atom is -0.374 e. The molecule has 1 heterocycles. The molecule has 0 aliphatic carbocycles. The molecular weight excluding hydrogens is 228 g/mol. The molecule has 1 aromatic carbocycles. The van der Waals surface area contributed by atoms with E-state index in [1.807, 2.05) is 24.3 Å². The number of piperidine rings is 1. The molecule has 4 nitrogen and oxygen atoms in total. The lowest BCUT2D eigenvalue weighted by Crippen LogP contribution is -2.47. The summed E-state index contributed by atoms with van der Waals surface area (Å²) in [6, 6.07) is 7.27. The number of rotatable bonds is 3. The zero-order valence-corrected chi connectivity index (χ0v) is 9.90. The number of amides is 2. The molecular formula is C14H14N2O2. The molecule has 0 spiro atoms. The highest BCUT2D eigenvalue weighted by Gasteiger charge is 2.26. The molecule has 1 unspecified atom stereocenters. The Morgan fingerprint density at radius 2 is 2.28 bits per heavy atom. The van der Waals surface area contributed by atoms with E-state index in [2.05, 4.69) is 16.6 Å². The van der Waals surface area contributed by atoms with E-state index in [1.165, 1.54) is 0 Å². The number of hydrogen-bond acceptors (Lipinski definition) is 3. The van der Waals surface area contributed by atoms with E-state index in [4.69, 9.17) is 6.42 Å². The van der Waals surface area contributed by atoms with Gasteiger partial charge in [-0.25, -0.2) is 0 Å². The number of anilines is 1. The maximum atomic E-state index is 11.6. The summed E-state index contributed by atoms with van der Waals surface area (Å²) >= 11 is 0. The molecule has 1 fully saturated rings. The third kappa shape index (κ3) is 2.89. The summed E-state index contributed by atoms with van der Waals surface area (Å²) < 4.78 is 0. The van der Waals surface area contributed by atoms with Gasteiger partial charge in [0.05, 0.1) is 0 Å². The van der Waals surface area contributed by atoms with Crippen molar-refractivity contribution >= 4 is 17.5 Å². The number of benzene rings is 1. The number of carbonyl (C=O) groups is 2. The fourth-order valence-electron chi connectivity index (χ4n) is 1.92. The second-order valence-electron chi connectivity index (χ2n) is 4.23. The van der Waals surface area contributed by atoms with E-state index in [9.17, 15) is 9.59 Å². The monoisotopic (exact) mass is 242 g/mol. The van der Waals surface area contributed by atoms with Crippen molar-refractivity contribution in [3.63, 3.8) is 0 Å². The lowest BCUT2D eigenvalue weighted by atomic mass is 10.1. The predicted molar refractivity (Wildman–Crippen MR) is 68.8 cm³/mol. The Morgan fingerprint density at radius 1 is 1.44 bits per heavy atom. The van der Waals surface area contributed by atoms with Crippen LogP contribution >= 0.6 is 0 Å². The van der Waals surface area contributed by atoms with Crippen LogP contribution in [0.3, 0.4) is 0 Å². The van der Waals surface area contributed by atoms with Gasteiger partial charge in [0.25, 0.3) is 0 Å². The van der Waals surface area contributed by atoms with E-state index in [0.29, 0.717) is 19.3 Å². The van der Waals surface area contributed by atoms with Crippen LogP contribution in [0, 0.1) is 12.3 Å². The maximum absolute atomic E-state index is 11.6. The van der Waals surface area contributed by atoms with Gasteiger partial charge in [-0.2, -0.15) is 0 Å². The first-order chi connectivity index (χ1) is 8.69. The van der Waals surface area contributed by atoms with Crippen molar-refractivity contribution in [2.24, 2.45) is 0 Å². The molecule has 1 saturated heterocycles. The van der Waals surface area contributed by atoms with E-state index in [-0.39, 0.29) is 17.9 Å². The Labute approximate surface area is 106 Å². The summed E-state index contributed by atoms with van der Waals surface area (Å²) in [6.45, 7) is 0. The van der Waals surface area contributed by atoms with Crippen LogP contribution in [0.1, 0.15) is 18.4 Å². The van der Waals surface area contributed by atoms with E-state index >= 15 is 0 Å². The van der Waals surface area contributed by atoms with Crippen LogP contribution in [0.25, 0.3) is 0 Å². The average Bonchev–Trinajstić information content (AvgIpc) is 2.34. The summed E-state index contributed by atoms with van der Waals surface area (Å²) in [5, 5.41) is 5.43. The summed E-state index contributed by atoms with van der Waals surface area (Å²) in [5.74, 6) is 2.10. The van der Waals surface area contributed by atoms with Gasteiger partial charge in [-0.15, -0.1) is 12.3 Å². The lowest BCUT2D eigenvalue weighted by molar-refractivity contribution is -0.133. The molecule has 2 N–H and O–H groups in total. The van der Waals surface area contributed by atoms with Crippen molar-refractivity contribution in [2.75, 3.05) is 5.32 Å². The van der Waals surface area contributed by atoms with Crippen molar-refractivity contribution in [1.82, 2.24) is 5.32 Å². The Hall–Kier alpha value is -2.28. The number of nitrogens with one attached hydrogen (secondary N) is 2. The van der Waals surface area contributed by atoms with Crippen LogP contribution in [0.15, 0.2) is 24.3 Å². The van der Waals surface area contributed by atoms with E-state index in [0.717, 1.165) is 11.3 Å². The maximum Gasteiger partial charge on any atom is 0.249 e. The standard InChI is InChI=1S/C14H14N2O2/c1-2-4-10-5-3-6-11(9-10)15-12-7-8-13(17)16-14(12)18/h1,3,5-6,9,12,15H,4,7-8H2,(H,16,17,18). The number of imide groups is 1. The van der Waals surface area contributed by atoms with Crippen LogP contribution in [-0.2, 0) is 16.0 Å². The normalized spacial score (nSPS) is 18.9. The van der Waals surface area contributed by atoms with Gasteiger partial charge < -0.3 is 5.32 Å². The zero-order chi connectivity index (χ0) is 13.0. The second-order valence-corrected chi connectivity index (χ2v) is 4.23. The van der Waals surface area contributed by atoms with E-state index < -0.39 is 0 Å². The largest absolute Gasteiger partial charge is 0.374 e. The third-order valence-electron chi connectivity index (χ3n) is 2.81. The SMILES string of the molecule is C#CCc1cccc(NC2CCC(=O)NC2=O)c1. The van der Waals surface area contributed by atoms with Crippen molar-refractivity contribution in [3.8, 4) is 12.3 Å². The first-order valence-electron chi connectivity index (χ1n) is 5.81. The average molecular weight is 242 g/mol.